The van der Waals surface area contributed by atoms with Crippen LogP contribution in [0.1, 0.15) is 20.3 Å². The van der Waals surface area contributed by atoms with Crippen molar-refractivity contribution < 1.29 is 9.53 Å². The molecule has 0 aromatic carbocycles. The Morgan fingerprint density at radius 1 is 1.67 bits per heavy atom. The normalized spacial score (nSPS) is 11.6. The molecule has 0 fully saturated rings. The highest BCUT2D eigenvalue weighted by Crippen LogP contribution is 1.87. The van der Waals surface area contributed by atoms with E-state index in [0.29, 0.717) is 5.11 Å². The van der Waals surface area contributed by atoms with Crippen LogP contribution >= 0.6 is 12.2 Å². The van der Waals surface area contributed by atoms with Crippen LogP contribution < -0.4 is 10.6 Å². The molecule has 0 rings (SSSR count). The average Bonchev–Trinajstić information content (AvgIpc) is 2.03. The van der Waals surface area contributed by atoms with Crippen LogP contribution in [0.15, 0.2) is 0 Å². The molecule has 0 saturated carbocycles. The Morgan fingerprint density at radius 2 is 2.25 bits per heavy atom. The standard InChI is InChI=1S/C7H14N2O2S/c1-4-5(2)8-6(12)9-7(10)11-3/h5H,4H2,1-3H3,(H2,8,9,10,12). The summed E-state index contributed by atoms with van der Waals surface area (Å²) < 4.78 is 4.36. The Kier molecular flexibility index (Phi) is 5.36. The number of ether oxygens (including phenoxy) is 1. The zero-order chi connectivity index (χ0) is 9.56. The molecule has 12 heavy (non-hydrogen) atoms. The Hall–Kier alpha value is -0.840. The first-order valence-corrected chi connectivity index (χ1v) is 4.16. The topological polar surface area (TPSA) is 50.4 Å². The van der Waals surface area contributed by atoms with Gasteiger partial charge in [-0.25, -0.2) is 4.79 Å². The number of carbonyl (C=O) groups is 1. The quantitative estimate of drug-likeness (QED) is 0.638. The molecule has 1 amide bonds. The second kappa shape index (κ2) is 5.77. The lowest BCUT2D eigenvalue weighted by Gasteiger charge is -2.13. The van der Waals surface area contributed by atoms with Gasteiger partial charge < -0.3 is 10.1 Å². The van der Waals surface area contributed by atoms with E-state index in [1.807, 2.05) is 13.8 Å². The summed E-state index contributed by atoms with van der Waals surface area (Å²) >= 11 is 4.82. The molecule has 0 aromatic heterocycles. The zero-order valence-corrected chi connectivity index (χ0v) is 8.33. The van der Waals surface area contributed by atoms with Crippen molar-refractivity contribution in [1.82, 2.24) is 10.6 Å². The second-order valence-corrected chi connectivity index (χ2v) is 2.81. The van der Waals surface area contributed by atoms with Gasteiger partial charge in [0.15, 0.2) is 5.11 Å². The van der Waals surface area contributed by atoms with Gasteiger partial charge in [0, 0.05) is 6.04 Å². The SMILES string of the molecule is CCC(C)NC(=S)NC(=O)OC. The molecule has 0 aliphatic heterocycles. The predicted octanol–water partition coefficient (Wildman–Crippen LogP) is 1.02. The summed E-state index contributed by atoms with van der Waals surface area (Å²) in [6.07, 6.45) is 0.402. The van der Waals surface area contributed by atoms with Crippen LogP contribution in [0, 0.1) is 0 Å². The number of amides is 1. The number of thiocarbonyl (C=S) groups is 1. The molecule has 1 unspecified atom stereocenters. The highest BCUT2D eigenvalue weighted by molar-refractivity contribution is 7.80. The first-order valence-electron chi connectivity index (χ1n) is 3.75. The number of hydrogen-bond acceptors (Lipinski definition) is 3. The molecule has 0 aliphatic rings. The minimum absolute atomic E-state index is 0.259. The third-order valence-corrected chi connectivity index (χ3v) is 1.61. The number of hydrogen-bond donors (Lipinski definition) is 2. The van der Waals surface area contributed by atoms with Crippen molar-refractivity contribution >= 4 is 23.4 Å². The number of nitrogens with one attached hydrogen (secondary N) is 2. The number of alkyl carbamates (subject to hydrolysis) is 1. The summed E-state index contributed by atoms with van der Waals surface area (Å²) in [6.45, 7) is 4.00. The number of methoxy groups -OCH3 is 1. The molecule has 0 saturated heterocycles. The van der Waals surface area contributed by atoms with Gasteiger partial charge in [0.25, 0.3) is 0 Å². The lowest BCUT2D eigenvalue weighted by molar-refractivity contribution is 0.176. The van der Waals surface area contributed by atoms with Gasteiger partial charge in [0.2, 0.25) is 0 Å². The van der Waals surface area contributed by atoms with Gasteiger partial charge in [-0.3, -0.25) is 5.32 Å². The third kappa shape index (κ3) is 4.90. The van der Waals surface area contributed by atoms with E-state index in [1.165, 1.54) is 7.11 Å². The van der Waals surface area contributed by atoms with E-state index in [1.54, 1.807) is 0 Å². The van der Waals surface area contributed by atoms with Gasteiger partial charge in [-0.15, -0.1) is 0 Å². The van der Waals surface area contributed by atoms with E-state index in [2.05, 4.69) is 15.4 Å². The molecule has 0 heterocycles. The molecular formula is C7H14N2O2S. The van der Waals surface area contributed by atoms with Gasteiger partial charge in [-0.1, -0.05) is 6.92 Å². The van der Waals surface area contributed by atoms with Crippen LogP contribution in [0.5, 0.6) is 0 Å². The van der Waals surface area contributed by atoms with Crippen molar-refractivity contribution in [3.05, 3.63) is 0 Å². The molecular weight excluding hydrogens is 176 g/mol. The molecule has 0 bridgehead atoms. The van der Waals surface area contributed by atoms with E-state index in [0.717, 1.165) is 6.42 Å². The summed E-state index contributed by atoms with van der Waals surface area (Å²) in [4.78, 5) is 10.6. The van der Waals surface area contributed by atoms with Gasteiger partial charge in [-0.05, 0) is 25.6 Å². The maximum absolute atomic E-state index is 10.6. The molecule has 1 atom stereocenters. The Labute approximate surface area is 77.7 Å². The van der Waals surface area contributed by atoms with Crippen molar-refractivity contribution in [1.29, 1.82) is 0 Å². The highest BCUT2D eigenvalue weighted by atomic mass is 32.1. The molecule has 0 aromatic rings. The van der Waals surface area contributed by atoms with Gasteiger partial charge in [0.1, 0.15) is 0 Å². The van der Waals surface area contributed by atoms with Crippen LogP contribution in [0.4, 0.5) is 4.79 Å². The molecule has 5 heteroatoms. The summed E-state index contributed by atoms with van der Waals surface area (Å²) in [5.74, 6) is 0. The molecule has 70 valence electrons. The van der Waals surface area contributed by atoms with E-state index in [-0.39, 0.29) is 6.04 Å². The maximum Gasteiger partial charge on any atom is 0.413 e. The van der Waals surface area contributed by atoms with Crippen molar-refractivity contribution in [2.24, 2.45) is 0 Å². The average molecular weight is 190 g/mol. The Bertz CT molecular complexity index is 173. The van der Waals surface area contributed by atoms with Crippen LogP contribution in [0.25, 0.3) is 0 Å². The maximum atomic E-state index is 10.6. The lowest BCUT2D eigenvalue weighted by atomic mass is 10.3. The van der Waals surface area contributed by atoms with Crippen LogP contribution in [-0.4, -0.2) is 24.4 Å². The molecule has 0 spiro atoms. The summed E-state index contributed by atoms with van der Waals surface area (Å²) in [5.41, 5.74) is 0. The Morgan fingerprint density at radius 3 is 2.67 bits per heavy atom. The predicted molar refractivity (Wildman–Crippen MR) is 51.0 cm³/mol. The molecule has 0 aliphatic carbocycles. The first-order chi connectivity index (χ1) is 5.60. The second-order valence-electron chi connectivity index (χ2n) is 2.40. The highest BCUT2D eigenvalue weighted by Gasteiger charge is 2.04. The first kappa shape index (κ1) is 11.2. The van der Waals surface area contributed by atoms with Gasteiger partial charge in [-0.2, -0.15) is 0 Å². The summed E-state index contributed by atoms with van der Waals surface area (Å²) in [5, 5.41) is 5.57. The van der Waals surface area contributed by atoms with Crippen LogP contribution in [0.3, 0.4) is 0 Å². The minimum Gasteiger partial charge on any atom is -0.453 e. The van der Waals surface area contributed by atoms with Gasteiger partial charge >= 0.3 is 6.09 Å². The van der Waals surface area contributed by atoms with E-state index in [9.17, 15) is 4.79 Å². The van der Waals surface area contributed by atoms with E-state index < -0.39 is 6.09 Å². The molecule has 2 N–H and O–H groups in total. The summed E-state index contributed by atoms with van der Waals surface area (Å²) in [7, 11) is 1.29. The van der Waals surface area contributed by atoms with Crippen LogP contribution in [0.2, 0.25) is 0 Å². The third-order valence-electron chi connectivity index (χ3n) is 1.39. The summed E-state index contributed by atoms with van der Waals surface area (Å²) in [6, 6.07) is 0.259. The largest absolute Gasteiger partial charge is 0.453 e. The van der Waals surface area contributed by atoms with E-state index >= 15 is 0 Å². The Balaban J connectivity index is 3.66. The smallest absolute Gasteiger partial charge is 0.413 e. The zero-order valence-electron chi connectivity index (χ0n) is 7.51. The fourth-order valence-corrected chi connectivity index (χ4v) is 0.790. The monoisotopic (exact) mass is 190 g/mol. The lowest BCUT2D eigenvalue weighted by Crippen LogP contribution is -2.42. The number of carbonyl (C=O) groups excluding carboxylic acids is 1. The van der Waals surface area contributed by atoms with Crippen molar-refractivity contribution in [3.8, 4) is 0 Å². The molecule has 0 radical (unpaired) electrons. The molecule has 4 nitrogen and oxygen atoms in total. The fraction of sp³-hybridized carbons (Fsp3) is 0.714. The van der Waals surface area contributed by atoms with Crippen molar-refractivity contribution in [3.63, 3.8) is 0 Å². The van der Waals surface area contributed by atoms with E-state index in [4.69, 9.17) is 12.2 Å². The van der Waals surface area contributed by atoms with Crippen LogP contribution in [-0.2, 0) is 4.74 Å². The van der Waals surface area contributed by atoms with Gasteiger partial charge in [0.05, 0.1) is 7.11 Å². The number of rotatable bonds is 2. The minimum atomic E-state index is -0.546. The van der Waals surface area contributed by atoms with Crippen molar-refractivity contribution in [2.75, 3.05) is 7.11 Å². The fourth-order valence-electron chi connectivity index (χ4n) is 0.506. The van der Waals surface area contributed by atoms with Crippen molar-refractivity contribution in [2.45, 2.75) is 26.3 Å².